The van der Waals surface area contributed by atoms with Crippen LogP contribution < -0.4 is 9.64 Å². The Morgan fingerprint density at radius 3 is 2.32 bits per heavy atom. The first kappa shape index (κ1) is 27.4. The van der Waals surface area contributed by atoms with Crippen LogP contribution in [0.3, 0.4) is 0 Å². The zero-order valence-corrected chi connectivity index (χ0v) is 21.1. The topological polar surface area (TPSA) is 55.8 Å². The van der Waals surface area contributed by atoms with Crippen LogP contribution in [-0.2, 0) is 9.53 Å². The van der Waals surface area contributed by atoms with E-state index in [1.807, 2.05) is 0 Å². The summed E-state index contributed by atoms with van der Waals surface area (Å²) in [5, 5.41) is -0.0178. The van der Waals surface area contributed by atoms with Crippen LogP contribution in [0.4, 0.5) is 27.6 Å². The maximum atomic E-state index is 14.8. The molecule has 2 atom stereocenters. The highest BCUT2D eigenvalue weighted by Crippen LogP contribution is 2.49. The first-order valence-electron chi connectivity index (χ1n) is 11.3. The monoisotopic (exact) mass is 553 g/mol. The van der Waals surface area contributed by atoms with E-state index in [4.69, 9.17) is 16.3 Å². The van der Waals surface area contributed by atoms with Gasteiger partial charge >= 0.3 is 12.1 Å². The molecule has 4 rings (SSSR count). The number of likely N-dealkylation sites (N-methyl/N-ethyl adjacent to an activating group) is 1. The van der Waals surface area contributed by atoms with Crippen molar-refractivity contribution in [1.29, 1.82) is 0 Å². The van der Waals surface area contributed by atoms with Crippen LogP contribution in [-0.4, -0.2) is 38.8 Å². The molecule has 2 unspecified atom stereocenters. The first-order chi connectivity index (χ1) is 17.8. The molecule has 0 aliphatic carbocycles. The van der Waals surface area contributed by atoms with E-state index in [1.54, 1.807) is 0 Å². The number of amides is 1. The minimum atomic E-state index is -4.80. The molecule has 0 bridgehead atoms. The van der Waals surface area contributed by atoms with Crippen LogP contribution in [0.5, 0.6) is 5.75 Å². The molecule has 1 aliphatic rings. The number of benzene rings is 3. The number of ether oxygens (including phenoxy) is 2. The van der Waals surface area contributed by atoms with Gasteiger partial charge in [0.25, 0.3) is 5.91 Å². The molecule has 38 heavy (non-hydrogen) atoms. The second-order valence-corrected chi connectivity index (χ2v) is 9.23. The standard InChI is InChI=1S/C27H21ClF5NO4/c1-13(17-6-4-14(8-19(17)28)15-5-7-18(20(29)9-15)26(36)37-3)24(27(31,32)33)16-10-21(30)25-22(11-16)34(2)23(35)12-38-25/h4-11,13,24H,12H2,1-3H3. The summed E-state index contributed by atoms with van der Waals surface area (Å²) in [7, 11) is 2.45. The highest BCUT2D eigenvalue weighted by atomic mass is 35.5. The highest BCUT2D eigenvalue weighted by molar-refractivity contribution is 6.31. The Balaban J connectivity index is 1.72. The highest BCUT2D eigenvalue weighted by Gasteiger charge is 2.46. The van der Waals surface area contributed by atoms with E-state index >= 15 is 0 Å². The summed E-state index contributed by atoms with van der Waals surface area (Å²) in [4.78, 5) is 24.7. The van der Waals surface area contributed by atoms with Crippen molar-refractivity contribution in [3.05, 3.63) is 81.9 Å². The number of esters is 1. The van der Waals surface area contributed by atoms with Crippen LogP contribution in [0.15, 0.2) is 48.5 Å². The van der Waals surface area contributed by atoms with E-state index < -0.39 is 53.7 Å². The van der Waals surface area contributed by atoms with Gasteiger partial charge in [-0.2, -0.15) is 13.2 Å². The lowest BCUT2D eigenvalue weighted by Gasteiger charge is -2.31. The molecule has 1 aliphatic heterocycles. The van der Waals surface area contributed by atoms with Gasteiger partial charge in [0.1, 0.15) is 5.82 Å². The van der Waals surface area contributed by atoms with Gasteiger partial charge in [-0.1, -0.05) is 36.7 Å². The summed E-state index contributed by atoms with van der Waals surface area (Å²) in [5.41, 5.74) is 0.109. The largest absolute Gasteiger partial charge is 0.478 e. The number of hydrogen-bond acceptors (Lipinski definition) is 4. The first-order valence-corrected chi connectivity index (χ1v) is 11.7. The van der Waals surface area contributed by atoms with Crippen LogP contribution in [0.25, 0.3) is 11.1 Å². The fourth-order valence-electron chi connectivity index (χ4n) is 4.52. The number of carbonyl (C=O) groups is 2. The van der Waals surface area contributed by atoms with Crippen molar-refractivity contribution in [2.75, 3.05) is 25.7 Å². The van der Waals surface area contributed by atoms with E-state index in [0.717, 1.165) is 30.2 Å². The van der Waals surface area contributed by atoms with Crippen molar-refractivity contribution in [2.24, 2.45) is 0 Å². The molecule has 0 fully saturated rings. The smallest absolute Gasteiger partial charge is 0.396 e. The molecular weight excluding hydrogens is 533 g/mol. The van der Waals surface area contributed by atoms with Gasteiger partial charge in [-0.25, -0.2) is 13.6 Å². The SMILES string of the molecule is COC(=O)c1ccc(-c2ccc(C(C)C(c3cc(F)c4c(c3)N(C)C(=O)CO4)C(F)(F)F)c(Cl)c2)cc1F. The summed E-state index contributed by atoms with van der Waals surface area (Å²) in [6.07, 6.45) is -4.80. The summed E-state index contributed by atoms with van der Waals surface area (Å²) >= 11 is 6.41. The van der Waals surface area contributed by atoms with E-state index in [2.05, 4.69) is 4.74 Å². The predicted molar refractivity (Wildman–Crippen MR) is 131 cm³/mol. The summed E-state index contributed by atoms with van der Waals surface area (Å²) in [5.74, 6) is -6.96. The lowest BCUT2D eigenvalue weighted by atomic mass is 9.81. The van der Waals surface area contributed by atoms with E-state index in [0.29, 0.717) is 11.1 Å². The van der Waals surface area contributed by atoms with E-state index in [9.17, 15) is 31.5 Å². The molecule has 0 aromatic heterocycles. The number of rotatable bonds is 5. The third kappa shape index (κ3) is 5.05. The lowest BCUT2D eigenvalue weighted by molar-refractivity contribution is -0.154. The van der Waals surface area contributed by atoms with E-state index in [1.165, 1.54) is 44.3 Å². The average Bonchev–Trinajstić information content (AvgIpc) is 2.85. The molecule has 11 heteroatoms. The van der Waals surface area contributed by atoms with Gasteiger partial charge in [0.2, 0.25) is 0 Å². The van der Waals surface area contributed by atoms with Crippen molar-refractivity contribution in [2.45, 2.75) is 24.9 Å². The van der Waals surface area contributed by atoms with Crippen LogP contribution >= 0.6 is 11.6 Å². The fraction of sp³-hybridized carbons (Fsp3) is 0.259. The van der Waals surface area contributed by atoms with Crippen molar-refractivity contribution in [1.82, 2.24) is 0 Å². The third-order valence-electron chi connectivity index (χ3n) is 6.53. The summed E-state index contributed by atoms with van der Waals surface area (Å²) < 4.78 is 81.9. The maximum absolute atomic E-state index is 14.8. The number of nitrogens with zero attached hydrogens (tertiary/aromatic N) is 1. The second kappa shape index (κ2) is 10.2. The molecule has 0 saturated carbocycles. The van der Waals surface area contributed by atoms with Gasteiger partial charge in [0, 0.05) is 12.1 Å². The Morgan fingerprint density at radius 2 is 1.71 bits per heavy atom. The zero-order valence-electron chi connectivity index (χ0n) is 20.3. The Labute approximate surface area is 219 Å². The molecule has 1 heterocycles. The van der Waals surface area contributed by atoms with Crippen molar-refractivity contribution < 1.29 is 41.0 Å². The minimum Gasteiger partial charge on any atom is -0.478 e. The van der Waals surface area contributed by atoms with Crippen LogP contribution in [0.1, 0.15) is 40.2 Å². The molecule has 3 aromatic rings. The van der Waals surface area contributed by atoms with Crippen molar-refractivity contribution >= 4 is 29.2 Å². The molecule has 0 saturated heterocycles. The van der Waals surface area contributed by atoms with Crippen molar-refractivity contribution in [3.63, 3.8) is 0 Å². The summed E-state index contributed by atoms with van der Waals surface area (Å²) in [6.45, 7) is 0.892. The second-order valence-electron chi connectivity index (χ2n) is 8.82. The molecule has 0 spiro atoms. The van der Waals surface area contributed by atoms with Gasteiger partial charge < -0.3 is 14.4 Å². The molecular formula is C27H21ClF5NO4. The molecule has 200 valence electrons. The van der Waals surface area contributed by atoms with Gasteiger partial charge in [0.05, 0.1) is 24.3 Å². The Kier molecular flexibility index (Phi) is 7.38. The summed E-state index contributed by atoms with van der Waals surface area (Å²) in [6, 6.07) is 9.89. The quantitative estimate of drug-likeness (QED) is 0.255. The average molecular weight is 554 g/mol. The number of halogens is 6. The zero-order chi connectivity index (χ0) is 27.9. The van der Waals surface area contributed by atoms with Gasteiger partial charge in [-0.15, -0.1) is 0 Å². The van der Waals surface area contributed by atoms with Gasteiger partial charge in [-0.3, -0.25) is 4.79 Å². The molecule has 5 nitrogen and oxygen atoms in total. The van der Waals surface area contributed by atoms with Gasteiger partial charge in [-0.05, 0) is 58.5 Å². The van der Waals surface area contributed by atoms with Gasteiger partial charge in [0.15, 0.2) is 18.2 Å². The predicted octanol–water partition coefficient (Wildman–Crippen LogP) is 6.88. The fourth-order valence-corrected chi connectivity index (χ4v) is 4.88. The Hall–Kier alpha value is -3.66. The minimum absolute atomic E-state index is 0.0178. The van der Waals surface area contributed by atoms with E-state index in [-0.39, 0.29) is 27.6 Å². The van der Waals surface area contributed by atoms with Crippen molar-refractivity contribution in [3.8, 4) is 16.9 Å². The van der Waals surface area contributed by atoms with Crippen LogP contribution in [0, 0.1) is 11.6 Å². The number of methoxy groups -OCH3 is 1. The number of hydrogen-bond donors (Lipinski definition) is 0. The molecule has 1 amide bonds. The number of carbonyl (C=O) groups excluding carboxylic acids is 2. The number of fused-ring (bicyclic) bond motifs is 1. The lowest BCUT2D eigenvalue weighted by Crippen LogP contribution is -2.36. The Bertz CT molecular complexity index is 1430. The van der Waals surface area contributed by atoms with Crippen LogP contribution in [0.2, 0.25) is 5.02 Å². The third-order valence-corrected chi connectivity index (χ3v) is 6.86. The molecule has 0 N–H and O–H groups in total. The number of alkyl halides is 3. The molecule has 3 aromatic carbocycles. The molecule has 0 radical (unpaired) electrons. The normalized spacial score (nSPS) is 15.0. The Morgan fingerprint density at radius 1 is 1.05 bits per heavy atom. The maximum Gasteiger partial charge on any atom is 0.396 e. The number of anilines is 1.